The minimum atomic E-state index is -0.574. The van der Waals surface area contributed by atoms with Gasteiger partial charge in [0.15, 0.2) is 0 Å². The van der Waals surface area contributed by atoms with Crippen LogP contribution < -0.4 is 10.1 Å². The summed E-state index contributed by atoms with van der Waals surface area (Å²) < 4.78 is 11.4. The van der Waals surface area contributed by atoms with Crippen LogP contribution in [-0.2, 0) is 9.53 Å². The number of carbonyl (C=O) groups is 2. The standard InChI is InChI=1S/C22H26N4O4/c1-16-4-2-5-17(12-16)24-22(28)26-15-19(30-18-6-3-7-23-14-18)13-20(26)21(27)25-8-10-29-11-9-25/h2-7,12,14,19-20H,8-11,13,15H2,1H3,(H,24,28)/t19-,20+/m0/s1. The summed E-state index contributed by atoms with van der Waals surface area (Å²) in [4.78, 5) is 33.7. The lowest BCUT2D eigenvalue weighted by atomic mass is 10.1. The normalized spacial score (nSPS) is 21.4. The number of carbonyl (C=O) groups excluding carboxylic acids is 2. The summed E-state index contributed by atoms with van der Waals surface area (Å²) in [7, 11) is 0. The molecular weight excluding hydrogens is 384 g/mol. The zero-order valence-electron chi connectivity index (χ0n) is 17.0. The van der Waals surface area contributed by atoms with E-state index in [0.29, 0.717) is 50.7 Å². The Labute approximate surface area is 175 Å². The number of hydrogen-bond donors (Lipinski definition) is 1. The van der Waals surface area contributed by atoms with Gasteiger partial charge in [-0.05, 0) is 36.8 Å². The highest BCUT2D eigenvalue weighted by molar-refractivity contribution is 5.94. The number of rotatable bonds is 4. The summed E-state index contributed by atoms with van der Waals surface area (Å²) in [6.45, 7) is 4.40. The van der Waals surface area contributed by atoms with Crippen LogP contribution in [0.4, 0.5) is 10.5 Å². The summed E-state index contributed by atoms with van der Waals surface area (Å²) in [6, 6.07) is 10.3. The number of pyridine rings is 1. The fraction of sp³-hybridized carbons (Fsp3) is 0.409. The van der Waals surface area contributed by atoms with Crippen molar-refractivity contribution in [2.75, 3.05) is 38.2 Å². The molecule has 8 heteroatoms. The van der Waals surface area contributed by atoms with Gasteiger partial charge in [0, 0.05) is 31.4 Å². The third-order valence-electron chi connectivity index (χ3n) is 5.34. The van der Waals surface area contributed by atoms with Crippen LogP contribution >= 0.6 is 0 Å². The summed E-state index contributed by atoms with van der Waals surface area (Å²) >= 11 is 0. The first-order chi connectivity index (χ1) is 14.6. The lowest BCUT2D eigenvalue weighted by Gasteiger charge is -2.32. The molecule has 2 atom stereocenters. The van der Waals surface area contributed by atoms with Gasteiger partial charge in [-0.1, -0.05) is 12.1 Å². The zero-order chi connectivity index (χ0) is 20.9. The molecule has 0 spiro atoms. The van der Waals surface area contributed by atoms with Crippen molar-refractivity contribution in [1.29, 1.82) is 0 Å². The molecule has 1 aromatic heterocycles. The van der Waals surface area contributed by atoms with Crippen molar-refractivity contribution in [1.82, 2.24) is 14.8 Å². The Bertz CT molecular complexity index is 886. The van der Waals surface area contributed by atoms with Crippen LogP contribution in [0.1, 0.15) is 12.0 Å². The molecule has 2 aromatic rings. The van der Waals surface area contributed by atoms with Crippen LogP contribution in [0.25, 0.3) is 0 Å². The van der Waals surface area contributed by atoms with Crippen molar-refractivity contribution >= 4 is 17.6 Å². The van der Waals surface area contributed by atoms with Gasteiger partial charge < -0.3 is 24.6 Å². The van der Waals surface area contributed by atoms with Crippen molar-refractivity contribution in [3.8, 4) is 5.75 Å². The van der Waals surface area contributed by atoms with Crippen LogP contribution in [0.3, 0.4) is 0 Å². The molecule has 158 valence electrons. The monoisotopic (exact) mass is 410 g/mol. The third kappa shape index (κ3) is 4.71. The first-order valence-electron chi connectivity index (χ1n) is 10.2. The minimum absolute atomic E-state index is 0.0602. The lowest BCUT2D eigenvalue weighted by Crippen LogP contribution is -2.51. The number of nitrogens with one attached hydrogen (secondary N) is 1. The van der Waals surface area contributed by atoms with Gasteiger partial charge in [-0.2, -0.15) is 0 Å². The van der Waals surface area contributed by atoms with Crippen molar-refractivity contribution in [3.05, 3.63) is 54.4 Å². The van der Waals surface area contributed by atoms with Gasteiger partial charge in [-0.25, -0.2) is 4.79 Å². The summed E-state index contributed by atoms with van der Waals surface area (Å²) in [6.07, 6.45) is 3.46. The molecule has 0 unspecified atom stereocenters. The topological polar surface area (TPSA) is 84.0 Å². The van der Waals surface area contributed by atoms with E-state index < -0.39 is 6.04 Å². The van der Waals surface area contributed by atoms with Crippen LogP contribution in [0, 0.1) is 6.92 Å². The van der Waals surface area contributed by atoms with E-state index in [0.717, 1.165) is 5.56 Å². The molecule has 2 aliphatic heterocycles. The molecule has 2 fully saturated rings. The van der Waals surface area contributed by atoms with Gasteiger partial charge >= 0.3 is 6.03 Å². The Morgan fingerprint density at radius 3 is 2.77 bits per heavy atom. The van der Waals surface area contributed by atoms with E-state index in [4.69, 9.17) is 9.47 Å². The first kappa shape index (κ1) is 20.2. The average Bonchev–Trinajstić information content (AvgIpc) is 3.18. The Morgan fingerprint density at radius 2 is 2.03 bits per heavy atom. The molecule has 0 bridgehead atoms. The fourth-order valence-electron chi connectivity index (χ4n) is 3.86. The number of anilines is 1. The Hall–Kier alpha value is -3.13. The van der Waals surface area contributed by atoms with Crippen molar-refractivity contribution in [3.63, 3.8) is 0 Å². The molecule has 3 amide bonds. The molecule has 1 N–H and O–H groups in total. The molecular formula is C22H26N4O4. The zero-order valence-corrected chi connectivity index (χ0v) is 17.0. The van der Waals surface area contributed by atoms with E-state index in [2.05, 4.69) is 10.3 Å². The number of urea groups is 1. The van der Waals surface area contributed by atoms with E-state index in [9.17, 15) is 9.59 Å². The molecule has 3 heterocycles. The highest BCUT2D eigenvalue weighted by Crippen LogP contribution is 2.25. The largest absolute Gasteiger partial charge is 0.487 e. The maximum absolute atomic E-state index is 13.2. The van der Waals surface area contributed by atoms with E-state index in [-0.39, 0.29) is 18.0 Å². The van der Waals surface area contributed by atoms with E-state index >= 15 is 0 Å². The second-order valence-corrected chi connectivity index (χ2v) is 7.57. The van der Waals surface area contributed by atoms with Crippen LogP contribution in [0.15, 0.2) is 48.8 Å². The van der Waals surface area contributed by atoms with Crippen molar-refractivity contribution in [2.45, 2.75) is 25.5 Å². The molecule has 30 heavy (non-hydrogen) atoms. The Kier molecular flexibility index (Phi) is 6.13. The molecule has 2 saturated heterocycles. The van der Waals surface area contributed by atoms with Crippen LogP contribution in [0.2, 0.25) is 0 Å². The third-order valence-corrected chi connectivity index (χ3v) is 5.34. The number of ether oxygens (including phenoxy) is 2. The van der Waals surface area contributed by atoms with Gasteiger partial charge in [0.05, 0.1) is 26.0 Å². The number of amides is 3. The number of aromatic nitrogens is 1. The smallest absolute Gasteiger partial charge is 0.322 e. The lowest BCUT2D eigenvalue weighted by molar-refractivity contribution is -0.139. The van der Waals surface area contributed by atoms with Gasteiger partial charge in [0.1, 0.15) is 17.9 Å². The highest BCUT2D eigenvalue weighted by atomic mass is 16.5. The minimum Gasteiger partial charge on any atom is -0.487 e. The maximum Gasteiger partial charge on any atom is 0.322 e. The van der Waals surface area contributed by atoms with Crippen LogP contribution in [0.5, 0.6) is 5.75 Å². The Morgan fingerprint density at radius 1 is 1.20 bits per heavy atom. The summed E-state index contributed by atoms with van der Waals surface area (Å²) in [5.41, 5.74) is 1.75. The molecule has 4 rings (SSSR count). The molecule has 1 aromatic carbocycles. The predicted molar refractivity (Wildman–Crippen MR) is 111 cm³/mol. The van der Waals surface area contributed by atoms with Crippen molar-refractivity contribution in [2.24, 2.45) is 0 Å². The number of likely N-dealkylation sites (tertiary alicyclic amines) is 1. The van der Waals surface area contributed by atoms with Gasteiger partial charge in [0.2, 0.25) is 5.91 Å². The van der Waals surface area contributed by atoms with Crippen molar-refractivity contribution < 1.29 is 19.1 Å². The highest BCUT2D eigenvalue weighted by Gasteiger charge is 2.42. The SMILES string of the molecule is Cc1cccc(NC(=O)N2C[C@@H](Oc3cccnc3)C[C@@H]2C(=O)N2CCOCC2)c1. The molecule has 2 aliphatic rings. The number of nitrogens with zero attached hydrogens (tertiary/aromatic N) is 3. The first-order valence-corrected chi connectivity index (χ1v) is 10.2. The molecule has 0 radical (unpaired) electrons. The number of aryl methyl sites for hydroxylation is 1. The van der Waals surface area contributed by atoms with E-state index in [1.807, 2.05) is 37.3 Å². The average molecular weight is 410 g/mol. The molecule has 0 aliphatic carbocycles. The van der Waals surface area contributed by atoms with Gasteiger partial charge in [-0.3, -0.25) is 9.78 Å². The number of benzene rings is 1. The fourth-order valence-corrected chi connectivity index (χ4v) is 3.86. The number of morpholine rings is 1. The van der Waals surface area contributed by atoms with Crippen LogP contribution in [-0.4, -0.2) is 71.7 Å². The van der Waals surface area contributed by atoms with E-state index in [1.165, 1.54) is 0 Å². The quantitative estimate of drug-likeness (QED) is 0.836. The predicted octanol–water partition coefficient (Wildman–Crippen LogP) is 2.30. The molecule has 8 nitrogen and oxygen atoms in total. The van der Waals surface area contributed by atoms with E-state index in [1.54, 1.807) is 28.3 Å². The number of hydrogen-bond acceptors (Lipinski definition) is 5. The summed E-state index contributed by atoms with van der Waals surface area (Å²) in [5.74, 6) is 0.566. The Balaban J connectivity index is 1.50. The molecule has 0 saturated carbocycles. The van der Waals surface area contributed by atoms with Gasteiger partial charge in [0.25, 0.3) is 0 Å². The second kappa shape index (κ2) is 9.13. The summed E-state index contributed by atoms with van der Waals surface area (Å²) in [5, 5.41) is 2.92. The second-order valence-electron chi connectivity index (χ2n) is 7.57. The van der Waals surface area contributed by atoms with Gasteiger partial charge in [-0.15, -0.1) is 0 Å². The maximum atomic E-state index is 13.2.